The van der Waals surface area contributed by atoms with Gasteiger partial charge >= 0.3 is 0 Å². The van der Waals surface area contributed by atoms with Crippen molar-refractivity contribution in [3.63, 3.8) is 0 Å². The molecule has 0 saturated carbocycles. The van der Waals surface area contributed by atoms with Crippen LogP contribution in [0.1, 0.15) is 24.9 Å². The van der Waals surface area contributed by atoms with E-state index in [1.165, 1.54) is 0 Å². The first-order chi connectivity index (χ1) is 10.1. The van der Waals surface area contributed by atoms with Crippen molar-refractivity contribution >= 4 is 16.7 Å². The zero-order valence-corrected chi connectivity index (χ0v) is 12.6. The van der Waals surface area contributed by atoms with Crippen LogP contribution in [-0.2, 0) is 13.5 Å². The summed E-state index contributed by atoms with van der Waals surface area (Å²) in [5.41, 5.74) is 1.98. The molecule has 0 fully saturated rings. The van der Waals surface area contributed by atoms with Crippen LogP contribution in [0.2, 0.25) is 0 Å². The van der Waals surface area contributed by atoms with Gasteiger partial charge in [0.25, 0.3) is 0 Å². The third-order valence-corrected chi connectivity index (χ3v) is 3.66. The standard InChI is InChI=1S/C16H20N4O/c1-11(4-6-13-7-5-12(2)21-13)19-15-8-9-17-16-14(15)10-18-20(16)3/h5,7-11H,4,6H2,1-3H3,(H,17,19). The van der Waals surface area contributed by atoms with Crippen molar-refractivity contribution in [3.8, 4) is 0 Å². The Morgan fingerprint density at radius 2 is 2.19 bits per heavy atom. The molecule has 0 bridgehead atoms. The van der Waals surface area contributed by atoms with Crippen molar-refractivity contribution in [1.82, 2.24) is 14.8 Å². The largest absolute Gasteiger partial charge is 0.466 e. The fourth-order valence-electron chi connectivity index (χ4n) is 2.49. The Balaban J connectivity index is 1.67. The van der Waals surface area contributed by atoms with Crippen LogP contribution in [0.5, 0.6) is 0 Å². The first-order valence-corrected chi connectivity index (χ1v) is 7.22. The third-order valence-electron chi connectivity index (χ3n) is 3.66. The normalized spacial score (nSPS) is 12.7. The van der Waals surface area contributed by atoms with Gasteiger partial charge in [-0.25, -0.2) is 4.98 Å². The minimum Gasteiger partial charge on any atom is -0.466 e. The van der Waals surface area contributed by atoms with Crippen LogP contribution in [0.4, 0.5) is 5.69 Å². The molecule has 0 spiro atoms. The number of aromatic nitrogens is 3. The van der Waals surface area contributed by atoms with Gasteiger partial charge in [0.1, 0.15) is 11.5 Å². The van der Waals surface area contributed by atoms with Crippen LogP contribution in [0.15, 0.2) is 35.0 Å². The van der Waals surface area contributed by atoms with Gasteiger partial charge in [0, 0.05) is 31.4 Å². The van der Waals surface area contributed by atoms with E-state index in [9.17, 15) is 0 Å². The first kappa shape index (κ1) is 13.7. The fraction of sp³-hybridized carbons (Fsp3) is 0.375. The molecule has 0 radical (unpaired) electrons. The van der Waals surface area contributed by atoms with Crippen LogP contribution in [0.3, 0.4) is 0 Å². The quantitative estimate of drug-likeness (QED) is 0.781. The summed E-state index contributed by atoms with van der Waals surface area (Å²) in [6.45, 7) is 4.15. The van der Waals surface area contributed by atoms with Crippen LogP contribution in [0.25, 0.3) is 11.0 Å². The van der Waals surface area contributed by atoms with E-state index >= 15 is 0 Å². The van der Waals surface area contributed by atoms with Gasteiger partial charge in [-0.2, -0.15) is 5.10 Å². The zero-order chi connectivity index (χ0) is 14.8. The molecule has 0 amide bonds. The predicted molar refractivity (Wildman–Crippen MR) is 83.4 cm³/mol. The summed E-state index contributed by atoms with van der Waals surface area (Å²) in [7, 11) is 1.90. The molecule has 5 nitrogen and oxygen atoms in total. The molecule has 1 N–H and O–H groups in total. The SMILES string of the molecule is Cc1ccc(CCC(C)Nc2ccnc3c2cnn3C)o1. The topological polar surface area (TPSA) is 55.9 Å². The Hall–Kier alpha value is -2.30. The maximum atomic E-state index is 5.61. The number of aryl methyl sites for hydroxylation is 3. The van der Waals surface area contributed by atoms with E-state index in [1.807, 2.05) is 44.6 Å². The highest BCUT2D eigenvalue weighted by Crippen LogP contribution is 2.22. The second-order valence-corrected chi connectivity index (χ2v) is 5.46. The lowest BCUT2D eigenvalue weighted by molar-refractivity contribution is 0.472. The lowest BCUT2D eigenvalue weighted by atomic mass is 10.1. The number of hydrogen-bond acceptors (Lipinski definition) is 4. The number of hydrogen-bond donors (Lipinski definition) is 1. The summed E-state index contributed by atoms with van der Waals surface area (Å²) in [6.07, 6.45) is 5.61. The van der Waals surface area contributed by atoms with Gasteiger partial charge in [0.05, 0.1) is 11.6 Å². The number of nitrogens with zero attached hydrogens (tertiary/aromatic N) is 3. The van der Waals surface area contributed by atoms with Crippen molar-refractivity contribution in [2.24, 2.45) is 7.05 Å². The molecule has 1 unspecified atom stereocenters. The van der Waals surface area contributed by atoms with E-state index in [1.54, 1.807) is 4.68 Å². The van der Waals surface area contributed by atoms with Gasteiger partial charge in [-0.15, -0.1) is 0 Å². The Kier molecular flexibility index (Phi) is 3.64. The van der Waals surface area contributed by atoms with Crippen molar-refractivity contribution in [2.75, 3.05) is 5.32 Å². The number of nitrogens with one attached hydrogen (secondary N) is 1. The van der Waals surface area contributed by atoms with Gasteiger partial charge < -0.3 is 9.73 Å². The Labute approximate surface area is 124 Å². The maximum absolute atomic E-state index is 5.61. The van der Waals surface area contributed by atoms with E-state index < -0.39 is 0 Å². The van der Waals surface area contributed by atoms with E-state index in [4.69, 9.17) is 4.42 Å². The number of fused-ring (bicyclic) bond motifs is 1. The van der Waals surface area contributed by atoms with Gasteiger partial charge in [-0.3, -0.25) is 4.68 Å². The average molecular weight is 284 g/mol. The summed E-state index contributed by atoms with van der Waals surface area (Å²) < 4.78 is 7.40. The minimum atomic E-state index is 0.348. The summed E-state index contributed by atoms with van der Waals surface area (Å²) in [5, 5.41) is 8.86. The van der Waals surface area contributed by atoms with Crippen molar-refractivity contribution in [3.05, 3.63) is 42.1 Å². The molecule has 3 rings (SSSR count). The molecule has 0 aliphatic carbocycles. The van der Waals surface area contributed by atoms with E-state index in [0.717, 1.165) is 41.1 Å². The number of rotatable bonds is 5. The minimum absolute atomic E-state index is 0.348. The highest BCUT2D eigenvalue weighted by molar-refractivity contribution is 5.88. The van der Waals surface area contributed by atoms with E-state index in [2.05, 4.69) is 22.3 Å². The molecule has 3 heterocycles. The molecular weight excluding hydrogens is 264 g/mol. The molecule has 110 valence electrons. The Morgan fingerprint density at radius 3 is 2.95 bits per heavy atom. The molecule has 1 atom stereocenters. The van der Waals surface area contributed by atoms with Crippen LogP contribution in [-0.4, -0.2) is 20.8 Å². The van der Waals surface area contributed by atoms with Gasteiger partial charge in [-0.1, -0.05) is 0 Å². The number of pyridine rings is 1. The molecular formula is C16H20N4O. The smallest absolute Gasteiger partial charge is 0.159 e. The molecule has 0 aromatic carbocycles. The molecule has 5 heteroatoms. The Morgan fingerprint density at radius 1 is 1.33 bits per heavy atom. The summed E-state index contributed by atoms with van der Waals surface area (Å²) in [6, 6.07) is 6.40. The second kappa shape index (κ2) is 5.60. The van der Waals surface area contributed by atoms with Crippen molar-refractivity contribution in [1.29, 1.82) is 0 Å². The second-order valence-electron chi connectivity index (χ2n) is 5.46. The monoisotopic (exact) mass is 284 g/mol. The maximum Gasteiger partial charge on any atom is 0.159 e. The fourth-order valence-corrected chi connectivity index (χ4v) is 2.49. The lowest BCUT2D eigenvalue weighted by Gasteiger charge is -2.15. The molecule has 0 aliphatic rings. The van der Waals surface area contributed by atoms with Gasteiger partial charge in [-0.05, 0) is 38.5 Å². The Bertz CT molecular complexity index is 744. The number of furan rings is 1. The molecule has 21 heavy (non-hydrogen) atoms. The van der Waals surface area contributed by atoms with Crippen LogP contribution in [0, 0.1) is 6.92 Å². The van der Waals surface area contributed by atoms with Gasteiger partial charge in [0.2, 0.25) is 0 Å². The predicted octanol–water partition coefficient (Wildman–Crippen LogP) is 3.30. The summed E-state index contributed by atoms with van der Waals surface area (Å²) in [5.74, 6) is 2.01. The molecule has 3 aromatic rings. The van der Waals surface area contributed by atoms with Crippen LogP contribution < -0.4 is 5.32 Å². The number of anilines is 1. The highest BCUT2D eigenvalue weighted by atomic mass is 16.3. The average Bonchev–Trinajstić information content (AvgIpc) is 3.04. The lowest BCUT2D eigenvalue weighted by Crippen LogP contribution is -2.16. The summed E-state index contributed by atoms with van der Waals surface area (Å²) in [4.78, 5) is 4.35. The first-order valence-electron chi connectivity index (χ1n) is 7.22. The third kappa shape index (κ3) is 2.91. The highest BCUT2D eigenvalue weighted by Gasteiger charge is 2.09. The van der Waals surface area contributed by atoms with E-state index in [-0.39, 0.29) is 0 Å². The van der Waals surface area contributed by atoms with E-state index in [0.29, 0.717) is 6.04 Å². The molecule has 0 aliphatic heterocycles. The van der Waals surface area contributed by atoms with Crippen molar-refractivity contribution < 1.29 is 4.42 Å². The van der Waals surface area contributed by atoms with Crippen molar-refractivity contribution in [2.45, 2.75) is 32.7 Å². The molecule has 0 saturated heterocycles. The molecule has 3 aromatic heterocycles. The van der Waals surface area contributed by atoms with Gasteiger partial charge in [0.15, 0.2) is 5.65 Å². The summed E-state index contributed by atoms with van der Waals surface area (Å²) >= 11 is 0. The van der Waals surface area contributed by atoms with Crippen LogP contribution >= 0.6 is 0 Å². The zero-order valence-electron chi connectivity index (χ0n) is 12.6.